The van der Waals surface area contributed by atoms with Crippen molar-refractivity contribution in [2.24, 2.45) is 11.3 Å². The fourth-order valence-electron chi connectivity index (χ4n) is 5.84. The molecule has 0 bridgehead atoms. The molecule has 1 heterocycles. The van der Waals surface area contributed by atoms with E-state index in [4.69, 9.17) is 5.11 Å². The van der Waals surface area contributed by atoms with Crippen LogP contribution in [0.3, 0.4) is 0 Å². The largest absolute Gasteiger partial charge is 0.481 e. The molecule has 3 aromatic rings. The summed E-state index contributed by atoms with van der Waals surface area (Å²) in [4.78, 5) is 26.6. The zero-order valence-electron chi connectivity index (χ0n) is 20.0. The van der Waals surface area contributed by atoms with Gasteiger partial charge in [0, 0.05) is 15.8 Å². The molecule has 1 spiro atoms. The summed E-state index contributed by atoms with van der Waals surface area (Å²) < 4.78 is 0. The van der Waals surface area contributed by atoms with Gasteiger partial charge < -0.3 is 10.4 Å². The number of thiophene rings is 1. The van der Waals surface area contributed by atoms with Crippen LogP contribution in [0.25, 0.3) is 11.1 Å². The topological polar surface area (TPSA) is 66.4 Å². The fourth-order valence-corrected chi connectivity index (χ4v) is 6.92. The highest BCUT2D eigenvalue weighted by molar-refractivity contribution is 7.12. The Morgan fingerprint density at radius 2 is 1.50 bits per heavy atom. The highest BCUT2D eigenvalue weighted by atomic mass is 32.1. The van der Waals surface area contributed by atoms with Crippen LogP contribution < -0.4 is 5.32 Å². The summed E-state index contributed by atoms with van der Waals surface area (Å²) in [6.45, 7) is 6.22. The first-order chi connectivity index (χ1) is 16.2. The van der Waals surface area contributed by atoms with E-state index in [1.807, 2.05) is 6.92 Å². The summed E-state index contributed by atoms with van der Waals surface area (Å²) in [7, 11) is 0. The van der Waals surface area contributed by atoms with E-state index in [0.717, 1.165) is 48.1 Å². The lowest BCUT2D eigenvalue weighted by Crippen LogP contribution is -2.57. The van der Waals surface area contributed by atoms with Crippen molar-refractivity contribution < 1.29 is 14.7 Å². The molecule has 4 nitrogen and oxygen atoms in total. The van der Waals surface area contributed by atoms with Crippen LogP contribution in [0.1, 0.15) is 62.5 Å². The van der Waals surface area contributed by atoms with E-state index in [-0.39, 0.29) is 23.3 Å². The van der Waals surface area contributed by atoms with Crippen molar-refractivity contribution in [3.8, 4) is 11.1 Å². The number of aryl methyl sites for hydroxylation is 3. The standard InChI is InChI=1S/C29H31NO3S/c1-17-4-8-21(9-5-17)22-10-6-20(7-11-22)12-25-18(2)34-19(3)26(25)27(31)30-24-15-29(16-24)13-23(14-29)28(32)33/h4-11,23-24H,12-16H2,1-3H3,(H,30,31)(H,32,33). The van der Waals surface area contributed by atoms with Crippen LogP contribution in [-0.4, -0.2) is 23.0 Å². The van der Waals surface area contributed by atoms with Crippen LogP contribution in [0.4, 0.5) is 0 Å². The van der Waals surface area contributed by atoms with Crippen molar-refractivity contribution in [1.29, 1.82) is 0 Å². The lowest BCUT2D eigenvalue weighted by molar-refractivity contribution is -0.155. The number of benzene rings is 2. The van der Waals surface area contributed by atoms with Crippen LogP contribution >= 0.6 is 11.3 Å². The minimum atomic E-state index is -0.681. The molecule has 0 aliphatic heterocycles. The number of carbonyl (C=O) groups is 2. The van der Waals surface area contributed by atoms with Gasteiger partial charge in [-0.1, -0.05) is 54.1 Å². The first kappa shape index (κ1) is 22.9. The van der Waals surface area contributed by atoms with E-state index in [2.05, 4.69) is 67.7 Å². The summed E-state index contributed by atoms with van der Waals surface area (Å²) >= 11 is 1.69. The molecule has 5 heteroatoms. The highest BCUT2D eigenvalue weighted by Crippen LogP contribution is 2.58. The van der Waals surface area contributed by atoms with Crippen molar-refractivity contribution in [2.45, 2.75) is 58.9 Å². The minimum absolute atomic E-state index is 0.0158. The molecule has 5 rings (SSSR count). The number of carboxylic acids is 1. The van der Waals surface area contributed by atoms with E-state index in [9.17, 15) is 9.59 Å². The fraction of sp³-hybridized carbons (Fsp3) is 0.379. The third-order valence-corrected chi connectivity index (χ3v) is 8.80. The van der Waals surface area contributed by atoms with Crippen molar-refractivity contribution in [1.82, 2.24) is 5.32 Å². The normalized spacial score (nSPS) is 23.3. The van der Waals surface area contributed by atoms with Crippen molar-refractivity contribution >= 4 is 23.2 Å². The predicted octanol–water partition coefficient (Wildman–Crippen LogP) is 6.30. The number of carbonyl (C=O) groups excluding carboxylic acids is 1. The van der Waals surface area contributed by atoms with Gasteiger partial charge in [0.1, 0.15) is 0 Å². The van der Waals surface area contributed by atoms with Crippen LogP contribution in [0, 0.1) is 32.1 Å². The Bertz CT molecular complexity index is 1230. The van der Waals surface area contributed by atoms with E-state index in [0.29, 0.717) is 0 Å². The summed E-state index contributed by atoms with van der Waals surface area (Å²) in [5, 5.41) is 12.4. The Kier molecular flexibility index (Phi) is 5.85. The first-order valence-electron chi connectivity index (χ1n) is 12.0. The molecule has 0 atom stereocenters. The van der Waals surface area contributed by atoms with Crippen molar-refractivity contribution in [3.05, 3.63) is 80.5 Å². The third kappa shape index (κ3) is 4.29. The third-order valence-electron chi connectivity index (χ3n) is 7.73. The molecule has 2 fully saturated rings. The second-order valence-electron chi connectivity index (χ2n) is 10.3. The Morgan fingerprint density at radius 3 is 2.09 bits per heavy atom. The van der Waals surface area contributed by atoms with Crippen LogP contribution in [0.5, 0.6) is 0 Å². The van der Waals surface area contributed by atoms with E-state index in [1.165, 1.54) is 27.1 Å². The number of aliphatic carboxylic acids is 1. The van der Waals surface area contributed by atoms with Gasteiger partial charge in [-0.2, -0.15) is 0 Å². The maximum atomic E-state index is 13.3. The summed E-state index contributed by atoms with van der Waals surface area (Å²) in [6.07, 6.45) is 4.06. The average molecular weight is 474 g/mol. The van der Waals surface area contributed by atoms with Gasteiger partial charge >= 0.3 is 5.97 Å². The molecule has 0 radical (unpaired) electrons. The minimum Gasteiger partial charge on any atom is -0.481 e. The van der Waals surface area contributed by atoms with E-state index < -0.39 is 5.97 Å². The molecule has 2 saturated carbocycles. The molecule has 1 aromatic heterocycles. The zero-order chi connectivity index (χ0) is 24.0. The molecule has 2 aliphatic carbocycles. The van der Waals surface area contributed by atoms with E-state index in [1.54, 1.807) is 11.3 Å². The molecule has 2 aliphatic rings. The molecule has 176 valence electrons. The lowest BCUT2D eigenvalue weighted by Gasteiger charge is -2.56. The Morgan fingerprint density at radius 1 is 0.912 bits per heavy atom. The smallest absolute Gasteiger partial charge is 0.306 e. The molecular formula is C29H31NO3S. The Balaban J connectivity index is 1.26. The van der Waals surface area contributed by atoms with Gasteiger partial charge in [-0.05, 0) is 80.5 Å². The number of hydrogen-bond acceptors (Lipinski definition) is 3. The highest BCUT2D eigenvalue weighted by Gasteiger charge is 2.55. The molecule has 0 saturated heterocycles. The van der Waals surface area contributed by atoms with E-state index >= 15 is 0 Å². The van der Waals surface area contributed by atoms with Gasteiger partial charge in [-0.3, -0.25) is 9.59 Å². The van der Waals surface area contributed by atoms with Gasteiger partial charge in [-0.15, -0.1) is 11.3 Å². The van der Waals surface area contributed by atoms with Gasteiger partial charge in [0.05, 0.1) is 11.5 Å². The van der Waals surface area contributed by atoms with Crippen LogP contribution in [-0.2, 0) is 11.2 Å². The van der Waals surface area contributed by atoms with Crippen molar-refractivity contribution in [2.75, 3.05) is 0 Å². The average Bonchev–Trinajstić information content (AvgIpc) is 3.02. The molecule has 2 N–H and O–H groups in total. The molecule has 0 unspecified atom stereocenters. The molecule has 34 heavy (non-hydrogen) atoms. The number of carboxylic acid groups (broad SMARTS) is 1. The zero-order valence-corrected chi connectivity index (χ0v) is 20.8. The molecule has 1 amide bonds. The first-order valence-corrected chi connectivity index (χ1v) is 12.8. The summed E-state index contributed by atoms with van der Waals surface area (Å²) in [5.41, 5.74) is 6.95. The second kappa shape index (κ2) is 8.70. The lowest BCUT2D eigenvalue weighted by atomic mass is 9.50. The quantitative estimate of drug-likeness (QED) is 0.441. The summed E-state index contributed by atoms with van der Waals surface area (Å²) in [5.74, 6) is -0.858. The van der Waals surface area contributed by atoms with Crippen LogP contribution in [0.15, 0.2) is 48.5 Å². The molecular weight excluding hydrogens is 442 g/mol. The number of rotatable bonds is 6. The number of hydrogen-bond donors (Lipinski definition) is 2. The Hall–Kier alpha value is -2.92. The SMILES string of the molecule is Cc1ccc(-c2ccc(Cc3c(C)sc(C)c3C(=O)NC3CC4(C3)CC(C(=O)O)C4)cc2)cc1. The maximum absolute atomic E-state index is 13.3. The maximum Gasteiger partial charge on any atom is 0.306 e. The predicted molar refractivity (Wildman–Crippen MR) is 136 cm³/mol. The van der Waals surface area contributed by atoms with Crippen molar-refractivity contribution in [3.63, 3.8) is 0 Å². The van der Waals surface area contributed by atoms with Crippen LogP contribution in [0.2, 0.25) is 0 Å². The summed E-state index contributed by atoms with van der Waals surface area (Å²) in [6, 6.07) is 17.4. The Labute approximate surface area is 205 Å². The van der Waals surface area contributed by atoms with Gasteiger partial charge in [-0.25, -0.2) is 0 Å². The van der Waals surface area contributed by atoms with Gasteiger partial charge in [0.2, 0.25) is 0 Å². The van der Waals surface area contributed by atoms with Gasteiger partial charge in [0.15, 0.2) is 0 Å². The van der Waals surface area contributed by atoms with Gasteiger partial charge in [0.25, 0.3) is 5.91 Å². The number of nitrogens with one attached hydrogen (secondary N) is 1. The molecule has 2 aromatic carbocycles. The number of amides is 1. The second-order valence-corrected chi connectivity index (χ2v) is 11.8. The monoisotopic (exact) mass is 473 g/mol.